The van der Waals surface area contributed by atoms with Crippen LogP contribution in [0.2, 0.25) is 0 Å². The first-order valence-corrected chi connectivity index (χ1v) is 9.27. The van der Waals surface area contributed by atoms with Crippen LogP contribution in [0.15, 0.2) is 30.3 Å². The lowest BCUT2D eigenvalue weighted by atomic mass is 9.91. The topological polar surface area (TPSA) is 41.6 Å². The maximum Gasteiger partial charge on any atom is 0.226 e. The highest BCUT2D eigenvalue weighted by Gasteiger charge is 2.58. The number of hydrogen-bond donors (Lipinski definition) is 1. The van der Waals surface area contributed by atoms with Gasteiger partial charge < -0.3 is 15.0 Å². The molecular formula is C20H30N2O2. The molecule has 1 aliphatic carbocycles. The molecule has 1 aliphatic heterocycles. The van der Waals surface area contributed by atoms with E-state index < -0.39 is 0 Å². The molecule has 2 aliphatic rings. The van der Waals surface area contributed by atoms with Crippen LogP contribution in [-0.4, -0.2) is 50.7 Å². The highest BCUT2D eigenvalue weighted by molar-refractivity contribution is 5.82. The van der Waals surface area contributed by atoms with Crippen molar-refractivity contribution < 1.29 is 9.53 Å². The van der Waals surface area contributed by atoms with Gasteiger partial charge in [-0.2, -0.15) is 0 Å². The quantitative estimate of drug-likeness (QED) is 0.796. The van der Waals surface area contributed by atoms with Gasteiger partial charge in [-0.3, -0.25) is 4.79 Å². The number of carbonyl (C=O) groups is 1. The zero-order chi connectivity index (χ0) is 16.8. The Bertz CT molecular complexity index is 526. The fraction of sp³-hybridized carbons (Fsp3) is 0.650. The molecule has 1 saturated heterocycles. The standard InChI is InChI=1S/C20H30N2O2/c1-24-15-14-22(13-5-8-17-6-3-2-4-7-17)19(23)18-16-20(18)9-11-21-12-10-20/h2-4,6-7,18,21H,5,8-16H2,1H3. The molecule has 1 atom stereocenters. The first kappa shape index (κ1) is 17.4. The first-order valence-electron chi connectivity index (χ1n) is 9.27. The van der Waals surface area contributed by atoms with Crippen molar-refractivity contribution in [3.05, 3.63) is 35.9 Å². The summed E-state index contributed by atoms with van der Waals surface area (Å²) in [6.45, 7) is 4.31. The number of rotatable bonds is 8. The minimum atomic E-state index is 0.258. The highest BCUT2D eigenvalue weighted by atomic mass is 16.5. The second-order valence-electron chi connectivity index (χ2n) is 7.28. The van der Waals surface area contributed by atoms with E-state index in [0.29, 0.717) is 17.9 Å². The second kappa shape index (κ2) is 8.13. The van der Waals surface area contributed by atoms with Gasteiger partial charge in [0.25, 0.3) is 0 Å². The molecule has 1 aromatic carbocycles. The van der Waals surface area contributed by atoms with Gasteiger partial charge in [0.1, 0.15) is 0 Å². The Kier molecular flexibility index (Phi) is 5.90. The predicted molar refractivity (Wildman–Crippen MR) is 95.9 cm³/mol. The number of nitrogens with one attached hydrogen (secondary N) is 1. The minimum Gasteiger partial charge on any atom is -0.383 e. The number of amides is 1. The van der Waals surface area contributed by atoms with Crippen LogP contribution in [0.4, 0.5) is 0 Å². The summed E-state index contributed by atoms with van der Waals surface area (Å²) in [5.41, 5.74) is 1.66. The summed E-state index contributed by atoms with van der Waals surface area (Å²) in [6.07, 6.45) is 5.45. The number of aryl methyl sites for hydroxylation is 1. The van der Waals surface area contributed by atoms with E-state index in [2.05, 4.69) is 29.6 Å². The van der Waals surface area contributed by atoms with Crippen molar-refractivity contribution >= 4 is 5.91 Å². The number of carbonyl (C=O) groups excluding carboxylic acids is 1. The second-order valence-corrected chi connectivity index (χ2v) is 7.28. The fourth-order valence-electron chi connectivity index (χ4n) is 4.05. The van der Waals surface area contributed by atoms with E-state index >= 15 is 0 Å². The van der Waals surface area contributed by atoms with E-state index in [1.807, 2.05) is 11.0 Å². The molecule has 0 aromatic heterocycles. The van der Waals surface area contributed by atoms with Crippen LogP contribution in [0.3, 0.4) is 0 Å². The maximum atomic E-state index is 13.0. The average molecular weight is 330 g/mol. The van der Waals surface area contributed by atoms with E-state index in [1.165, 1.54) is 5.56 Å². The molecule has 2 fully saturated rings. The molecule has 4 nitrogen and oxygen atoms in total. The van der Waals surface area contributed by atoms with E-state index in [0.717, 1.165) is 58.3 Å². The van der Waals surface area contributed by atoms with E-state index in [9.17, 15) is 4.79 Å². The predicted octanol–water partition coefficient (Wildman–Crippen LogP) is 2.48. The number of nitrogens with zero attached hydrogens (tertiary/aromatic N) is 1. The Labute approximate surface area is 145 Å². The van der Waals surface area contributed by atoms with Crippen LogP contribution >= 0.6 is 0 Å². The van der Waals surface area contributed by atoms with Crippen molar-refractivity contribution in [3.63, 3.8) is 0 Å². The maximum absolute atomic E-state index is 13.0. The van der Waals surface area contributed by atoms with Gasteiger partial charge >= 0.3 is 0 Å². The van der Waals surface area contributed by atoms with Crippen LogP contribution in [0.25, 0.3) is 0 Å². The average Bonchev–Trinajstić information content (AvgIpc) is 3.31. The lowest BCUT2D eigenvalue weighted by Crippen LogP contribution is -2.39. The van der Waals surface area contributed by atoms with Crippen molar-refractivity contribution in [1.29, 1.82) is 0 Å². The number of methoxy groups -OCH3 is 1. The first-order chi connectivity index (χ1) is 11.7. The van der Waals surface area contributed by atoms with Gasteiger partial charge in [-0.15, -0.1) is 0 Å². The lowest BCUT2D eigenvalue weighted by molar-refractivity contribution is -0.134. The van der Waals surface area contributed by atoms with Crippen LogP contribution in [0.5, 0.6) is 0 Å². The molecule has 1 saturated carbocycles. The summed E-state index contributed by atoms with van der Waals surface area (Å²) >= 11 is 0. The van der Waals surface area contributed by atoms with Gasteiger partial charge in [-0.25, -0.2) is 0 Å². The molecule has 1 spiro atoms. The summed E-state index contributed by atoms with van der Waals surface area (Å²) in [5.74, 6) is 0.621. The van der Waals surface area contributed by atoms with Crippen LogP contribution in [0.1, 0.15) is 31.2 Å². The van der Waals surface area contributed by atoms with E-state index in [-0.39, 0.29) is 5.92 Å². The van der Waals surface area contributed by atoms with Crippen molar-refractivity contribution in [2.45, 2.75) is 32.1 Å². The molecule has 1 heterocycles. The molecule has 1 amide bonds. The highest BCUT2D eigenvalue weighted by Crippen LogP contribution is 2.59. The number of hydrogen-bond acceptors (Lipinski definition) is 3. The van der Waals surface area contributed by atoms with Gasteiger partial charge in [0, 0.05) is 26.1 Å². The van der Waals surface area contributed by atoms with Crippen molar-refractivity contribution in [2.75, 3.05) is 39.9 Å². The molecule has 1 N–H and O–H groups in total. The third kappa shape index (κ3) is 4.17. The Balaban J connectivity index is 1.52. The van der Waals surface area contributed by atoms with Crippen molar-refractivity contribution in [2.24, 2.45) is 11.3 Å². The van der Waals surface area contributed by atoms with Crippen molar-refractivity contribution in [1.82, 2.24) is 10.2 Å². The fourth-order valence-corrected chi connectivity index (χ4v) is 4.05. The molecule has 0 bridgehead atoms. The summed E-state index contributed by atoms with van der Waals surface area (Å²) < 4.78 is 5.22. The Hall–Kier alpha value is -1.39. The monoisotopic (exact) mass is 330 g/mol. The van der Waals surface area contributed by atoms with Crippen LogP contribution < -0.4 is 5.32 Å². The van der Waals surface area contributed by atoms with Crippen molar-refractivity contribution in [3.8, 4) is 0 Å². The smallest absolute Gasteiger partial charge is 0.226 e. The molecular weight excluding hydrogens is 300 g/mol. The van der Waals surface area contributed by atoms with Crippen LogP contribution in [-0.2, 0) is 16.0 Å². The van der Waals surface area contributed by atoms with Gasteiger partial charge in [0.05, 0.1) is 6.61 Å². The van der Waals surface area contributed by atoms with Gasteiger partial charge in [-0.05, 0) is 56.2 Å². The summed E-state index contributed by atoms with van der Waals surface area (Å²) in [4.78, 5) is 15.0. The van der Waals surface area contributed by atoms with E-state index in [1.54, 1.807) is 7.11 Å². The summed E-state index contributed by atoms with van der Waals surface area (Å²) in [7, 11) is 1.71. The Morgan fingerprint density at radius 2 is 2.00 bits per heavy atom. The lowest BCUT2D eigenvalue weighted by Gasteiger charge is -2.27. The number of piperidine rings is 1. The Morgan fingerprint density at radius 1 is 1.25 bits per heavy atom. The van der Waals surface area contributed by atoms with Crippen LogP contribution in [0, 0.1) is 11.3 Å². The zero-order valence-corrected chi connectivity index (χ0v) is 14.8. The number of benzene rings is 1. The normalized spacial score (nSPS) is 21.6. The third-order valence-corrected chi connectivity index (χ3v) is 5.70. The molecule has 0 radical (unpaired) electrons. The number of ether oxygens (including phenoxy) is 1. The van der Waals surface area contributed by atoms with Gasteiger partial charge in [0.15, 0.2) is 0 Å². The SMILES string of the molecule is COCCN(CCCc1ccccc1)C(=O)C1CC12CCNCC2. The minimum absolute atomic E-state index is 0.258. The molecule has 1 aromatic rings. The largest absolute Gasteiger partial charge is 0.383 e. The van der Waals surface area contributed by atoms with Gasteiger partial charge in [-0.1, -0.05) is 30.3 Å². The molecule has 4 heteroatoms. The third-order valence-electron chi connectivity index (χ3n) is 5.70. The summed E-state index contributed by atoms with van der Waals surface area (Å²) in [6, 6.07) is 10.5. The molecule has 24 heavy (non-hydrogen) atoms. The Morgan fingerprint density at radius 3 is 2.71 bits per heavy atom. The molecule has 1 unspecified atom stereocenters. The molecule has 132 valence electrons. The molecule has 3 rings (SSSR count). The zero-order valence-electron chi connectivity index (χ0n) is 14.8. The summed E-state index contributed by atoms with van der Waals surface area (Å²) in [5, 5.41) is 3.41. The van der Waals surface area contributed by atoms with Gasteiger partial charge in [0.2, 0.25) is 5.91 Å². The van der Waals surface area contributed by atoms with E-state index in [4.69, 9.17) is 4.74 Å².